The Morgan fingerprint density at radius 3 is 2.33 bits per heavy atom. The Kier molecular flexibility index (Phi) is 3.13. The molecule has 106 valence electrons. The zero-order valence-electron chi connectivity index (χ0n) is 10.7. The molecule has 1 heterocycles. The van der Waals surface area contributed by atoms with Crippen LogP contribution in [0.25, 0.3) is 10.9 Å². The topological polar surface area (TPSA) is 50.9 Å². The molecule has 2 aromatic carbocycles. The Morgan fingerprint density at radius 2 is 1.62 bits per heavy atom. The molecule has 0 unspecified atom stereocenters. The second-order valence-corrected chi connectivity index (χ2v) is 4.52. The summed E-state index contributed by atoms with van der Waals surface area (Å²) in [4.78, 5) is 4.22. The number of rotatable bonds is 2. The number of fused-ring (bicyclic) bond motifs is 1. The highest BCUT2D eigenvalue weighted by Crippen LogP contribution is 2.25. The third-order valence-electron chi connectivity index (χ3n) is 2.97. The van der Waals surface area contributed by atoms with Gasteiger partial charge in [-0.05, 0) is 30.3 Å². The Balaban J connectivity index is 2.00. The minimum absolute atomic E-state index is 0.247. The van der Waals surface area contributed by atoms with E-state index in [1.807, 2.05) is 0 Å². The number of benzene rings is 2. The van der Waals surface area contributed by atoms with Gasteiger partial charge in [0.05, 0.1) is 5.52 Å². The monoisotopic (exact) mass is 289 g/mol. The molecule has 0 saturated carbocycles. The predicted molar refractivity (Wildman–Crippen MR) is 75.8 cm³/mol. The number of nitrogens with two attached hydrogens (primary N) is 1. The quantitative estimate of drug-likeness (QED) is 0.702. The van der Waals surface area contributed by atoms with E-state index in [9.17, 15) is 13.2 Å². The number of aromatic nitrogens is 1. The van der Waals surface area contributed by atoms with Crippen LogP contribution in [-0.4, -0.2) is 4.98 Å². The summed E-state index contributed by atoms with van der Waals surface area (Å²) in [6.07, 6.45) is 0. The van der Waals surface area contributed by atoms with Crippen LogP contribution in [0.15, 0.2) is 42.5 Å². The Hall–Kier alpha value is -2.76. The third-order valence-corrected chi connectivity index (χ3v) is 2.97. The lowest BCUT2D eigenvalue weighted by molar-refractivity contribution is 0.549. The maximum absolute atomic E-state index is 13.6. The number of nitrogens with one attached hydrogen (secondary N) is 1. The van der Waals surface area contributed by atoms with Gasteiger partial charge in [-0.25, -0.2) is 18.2 Å². The molecule has 0 radical (unpaired) electrons. The molecule has 0 aliphatic heterocycles. The van der Waals surface area contributed by atoms with Crippen LogP contribution >= 0.6 is 0 Å². The lowest BCUT2D eigenvalue weighted by Crippen LogP contribution is -2.00. The molecule has 6 heteroatoms. The Morgan fingerprint density at radius 1 is 0.905 bits per heavy atom. The highest BCUT2D eigenvalue weighted by molar-refractivity contribution is 5.83. The van der Waals surface area contributed by atoms with Gasteiger partial charge in [-0.3, -0.25) is 0 Å². The molecule has 0 fully saturated rings. The van der Waals surface area contributed by atoms with E-state index in [-0.39, 0.29) is 5.82 Å². The fourth-order valence-corrected chi connectivity index (χ4v) is 2.00. The SMILES string of the molecule is Nc1ccc2nc(Nc3c(F)cc(F)cc3F)ccc2c1. The van der Waals surface area contributed by atoms with Gasteiger partial charge in [-0.15, -0.1) is 0 Å². The highest BCUT2D eigenvalue weighted by Gasteiger charge is 2.12. The first-order valence-electron chi connectivity index (χ1n) is 6.11. The summed E-state index contributed by atoms with van der Waals surface area (Å²) in [5.41, 5.74) is 6.44. The number of hydrogen-bond acceptors (Lipinski definition) is 3. The summed E-state index contributed by atoms with van der Waals surface area (Å²) in [6.45, 7) is 0. The van der Waals surface area contributed by atoms with Crippen molar-refractivity contribution in [3.05, 3.63) is 59.9 Å². The fraction of sp³-hybridized carbons (Fsp3) is 0. The lowest BCUT2D eigenvalue weighted by Gasteiger charge is -2.09. The average Bonchev–Trinajstić information content (AvgIpc) is 2.43. The molecule has 0 aliphatic rings. The number of halogens is 3. The molecule has 0 bridgehead atoms. The highest BCUT2D eigenvalue weighted by atomic mass is 19.1. The Bertz CT molecular complexity index is 811. The Labute approximate surface area is 118 Å². The summed E-state index contributed by atoms with van der Waals surface area (Å²) >= 11 is 0. The van der Waals surface area contributed by atoms with Crippen molar-refractivity contribution in [3.8, 4) is 0 Å². The second kappa shape index (κ2) is 4.97. The molecule has 0 amide bonds. The summed E-state index contributed by atoms with van der Waals surface area (Å²) in [5, 5.41) is 3.32. The smallest absolute Gasteiger partial charge is 0.152 e. The molecule has 0 aliphatic carbocycles. The average molecular weight is 289 g/mol. The normalized spacial score (nSPS) is 10.8. The number of hydrogen-bond donors (Lipinski definition) is 2. The van der Waals surface area contributed by atoms with Crippen molar-refractivity contribution in [2.45, 2.75) is 0 Å². The van der Waals surface area contributed by atoms with Crippen LogP contribution in [-0.2, 0) is 0 Å². The lowest BCUT2D eigenvalue weighted by atomic mass is 10.2. The molecule has 3 nitrogen and oxygen atoms in total. The van der Waals surface area contributed by atoms with Gasteiger partial charge >= 0.3 is 0 Å². The molecular weight excluding hydrogens is 279 g/mol. The van der Waals surface area contributed by atoms with Gasteiger partial charge in [-0.1, -0.05) is 0 Å². The van der Waals surface area contributed by atoms with E-state index in [2.05, 4.69) is 10.3 Å². The van der Waals surface area contributed by atoms with Crippen LogP contribution in [0, 0.1) is 17.5 Å². The van der Waals surface area contributed by atoms with E-state index in [1.165, 1.54) is 0 Å². The number of nitrogen functional groups attached to an aromatic ring is 1. The van der Waals surface area contributed by atoms with Crippen LogP contribution in [0.1, 0.15) is 0 Å². The molecule has 3 N–H and O–H groups in total. The fourth-order valence-electron chi connectivity index (χ4n) is 2.00. The summed E-state index contributed by atoms with van der Waals surface area (Å²) < 4.78 is 40.0. The molecule has 0 atom stereocenters. The first-order valence-corrected chi connectivity index (χ1v) is 6.11. The van der Waals surface area contributed by atoms with Crippen molar-refractivity contribution in [3.63, 3.8) is 0 Å². The van der Waals surface area contributed by atoms with Crippen molar-refractivity contribution >= 4 is 28.1 Å². The summed E-state index contributed by atoms with van der Waals surface area (Å²) in [7, 11) is 0. The van der Waals surface area contributed by atoms with Crippen LogP contribution in [0.5, 0.6) is 0 Å². The second-order valence-electron chi connectivity index (χ2n) is 4.52. The first kappa shape index (κ1) is 13.2. The van der Waals surface area contributed by atoms with Crippen LogP contribution in [0.2, 0.25) is 0 Å². The van der Waals surface area contributed by atoms with E-state index in [4.69, 9.17) is 5.73 Å². The number of nitrogens with zero attached hydrogens (tertiary/aromatic N) is 1. The predicted octanol–water partition coefficient (Wildman–Crippen LogP) is 3.98. The third kappa shape index (κ3) is 2.60. The molecule has 3 rings (SSSR count). The van der Waals surface area contributed by atoms with E-state index in [0.29, 0.717) is 23.3 Å². The van der Waals surface area contributed by atoms with Gasteiger partial charge in [0.15, 0.2) is 11.6 Å². The zero-order valence-corrected chi connectivity index (χ0v) is 10.7. The van der Waals surface area contributed by atoms with Gasteiger partial charge in [0, 0.05) is 23.2 Å². The minimum atomic E-state index is -1.02. The van der Waals surface area contributed by atoms with E-state index in [0.717, 1.165) is 5.39 Å². The number of pyridine rings is 1. The summed E-state index contributed by atoms with van der Waals surface area (Å²) in [5.74, 6) is -2.77. The van der Waals surface area contributed by atoms with E-state index in [1.54, 1.807) is 30.3 Å². The van der Waals surface area contributed by atoms with Crippen LogP contribution < -0.4 is 11.1 Å². The van der Waals surface area contributed by atoms with Gasteiger partial charge in [0.25, 0.3) is 0 Å². The molecule has 0 spiro atoms. The zero-order chi connectivity index (χ0) is 15.0. The number of anilines is 3. The minimum Gasteiger partial charge on any atom is -0.399 e. The van der Waals surface area contributed by atoms with Crippen molar-refractivity contribution < 1.29 is 13.2 Å². The maximum atomic E-state index is 13.6. The molecular formula is C15H10F3N3. The van der Waals surface area contributed by atoms with Crippen LogP contribution in [0.3, 0.4) is 0 Å². The molecule has 0 saturated heterocycles. The molecule has 21 heavy (non-hydrogen) atoms. The largest absolute Gasteiger partial charge is 0.399 e. The van der Waals surface area contributed by atoms with Crippen molar-refractivity contribution in [1.29, 1.82) is 0 Å². The van der Waals surface area contributed by atoms with Gasteiger partial charge in [-0.2, -0.15) is 0 Å². The van der Waals surface area contributed by atoms with E-state index < -0.39 is 23.1 Å². The van der Waals surface area contributed by atoms with E-state index >= 15 is 0 Å². The van der Waals surface area contributed by atoms with Gasteiger partial charge < -0.3 is 11.1 Å². The van der Waals surface area contributed by atoms with Crippen molar-refractivity contribution in [2.75, 3.05) is 11.1 Å². The van der Waals surface area contributed by atoms with Crippen LogP contribution in [0.4, 0.5) is 30.4 Å². The van der Waals surface area contributed by atoms with Gasteiger partial charge in [0.1, 0.15) is 17.3 Å². The first-order chi connectivity index (χ1) is 10.0. The van der Waals surface area contributed by atoms with Crippen molar-refractivity contribution in [1.82, 2.24) is 4.98 Å². The maximum Gasteiger partial charge on any atom is 0.152 e. The molecule has 1 aromatic heterocycles. The van der Waals surface area contributed by atoms with Gasteiger partial charge in [0.2, 0.25) is 0 Å². The van der Waals surface area contributed by atoms with Crippen molar-refractivity contribution in [2.24, 2.45) is 0 Å². The molecule has 3 aromatic rings. The summed E-state index contributed by atoms with van der Waals surface area (Å²) in [6, 6.07) is 9.61. The standard InChI is InChI=1S/C15H10F3N3/c16-9-6-11(17)15(12(18)7-9)21-14-4-1-8-5-10(19)2-3-13(8)20-14/h1-7H,19H2,(H,20,21).